The van der Waals surface area contributed by atoms with Crippen LogP contribution in [0.4, 0.5) is 5.82 Å². The zero-order valence-corrected chi connectivity index (χ0v) is 19.0. The largest absolute Gasteiger partial charge is 1.00 e. The van der Waals surface area contributed by atoms with E-state index in [1.54, 1.807) is 7.11 Å². The van der Waals surface area contributed by atoms with Gasteiger partial charge in [-0.3, -0.25) is 6.79 Å². The predicted octanol–water partition coefficient (Wildman–Crippen LogP) is 1.93. The maximum Gasteiger partial charge on any atom is 1.00 e. The van der Waals surface area contributed by atoms with E-state index >= 15 is 0 Å². The van der Waals surface area contributed by atoms with Crippen molar-refractivity contribution in [3.05, 3.63) is 23.9 Å². The van der Waals surface area contributed by atoms with Crippen molar-refractivity contribution in [2.24, 2.45) is 0 Å². The molecule has 24 heavy (non-hydrogen) atoms. The fourth-order valence-corrected chi connectivity index (χ4v) is 1.83. The number of aromatic nitrogens is 1. The average molecular weight is 346 g/mol. The van der Waals surface area contributed by atoms with E-state index in [0.717, 1.165) is 5.82 Å². The third-order valence-corrected chi connectivity index (χ3v) is 3.23. The number of methoxy groups -OCH3 is 1. The Bertz CT molecular complexity index is 372. The molecule has 2 rings (SSSR count). The van der Waals surface area contributed by atoms with Crippen LogP contribution in [0.2, 0.25) is 0 Å². The summed E-state index contributed by atoms with van der Waals surface area (Å²) in [7, 11) is 1.71. The van der Waals surface area contributed by atoms with Gasteiger partial charge >= 0.3 is 29.6 Å². The van der Waals surface area contributed by atoms with E-state index in [1.165, 1.54) is 31.2 Å². The second-order valence-electron chi connectivity index (χ2n) is 6.16. The summed E-state index contributed by atoms with van der Waals surface area (Å²) in [6, 6.07) is 4.83. The van der Waals surface area contributed by atoms with Crippen molar-refractivity contribution in [1.82, 2.24) is 4.98 Å². The number of aryl methyl sites for hydroxylation is 1. The predicted molar refractivity (Wildman–Crippen MR) is 99.7 cm³/mol. The van der Waals surface area contributed by atoms with Gasteiger partial charge in [-0.25, -0.2) is 4.98 Å². The van der Waals surface area contributed by atoms with Crippen LogP contribution in [0.15, 0.2) is 18.3 Å². The van der Waals surface area contributed by atoms with Gasteiger partial charge in [0.25, 0.3) is 0 Å². The Morgan fingerprint density at radius 3 is 1.96 bits per heavy atom. The third kappa shape index (κ3) is 16.4. The van der Waals surface area contributed by atoms with E-state index in [4.69, 9.17) is 9.53 Å². The van der Waals surface area contributed by atoms with Crippen LogP contribution < -0.4 is 34.9 Å². The topological polar surface area (TPSA) is 51.2 Å². The summed E-state index contributed by atoms with van der Waals surface area (Å²) in [6.45, 7) is 15.4. The normalized spacial score (nSPS) is 13.0. The molecule has 1 heterocycles. The van der Waals surface area contributed by atoms with Gasteiger partial charge in [0.15, 0.2) is 0 Å². The minimum atomic E-state index is 0. The quantitative estimate of drug-likeness (QED) is 0.505. The fraction of sp³-hybridized carbons (Fsp3) is 0.684. The summed E-state index contributed by atoms with van der Waals surface area (Å²) in [4.78, 5) is 12.1. The van der Waals surface area contributed by atoms with Crippen molar-refractivity contribution in [1.29, 1.82) is 0 Å². The molecule has 4 nitrogen and oxygen atoms in total. The number of carbonyl (C=O) groups excluding carboxylic acids is 1. The summed E-state index contributed by atoms with van der Waals surface area (Å²) in [5.41, 5.74) is 1.26. The molecule has 0 radical (unpaired) electrons. The molecule has 0 bridgehead atoms. The maximum absolute atomic E-state index is 7.75. The van der Waals surface area contributed by atoms with E-state index in [9.17, 15) is 0 Å². The molecule has 0 unspecified atom stereocenters. The van der Waals surface area contributed by atoms with E-state index in [1.807, 2.05) is 40.8 Å². The number of anilines is 1. The number of rotatable bonds is 2. The molecule has 0 aromatic carbocycles. The summed E-state index contributed by atoms with van der Waals surface area (Å²) in [5.74, 6) is 1.03. The van der Waals surface area contributed by atoms with E-state index in [-0.39, 0.29) is 35.2 Å². The van der Waals surface area contributed by atoms with Gasteiger partial charge in [-0.05, 0) is 52.2 Å². The van der Waals surface area contributed by atoms with Crippen LogP contribution in [0.1, 0.15) is 65.9 Å². The molecule has 1 aliphatic rings. The van der Waals surface area contributed by atoms with Crippen LogP contribution >= 0.6 is 0 Å². The molecular weight excluding hydrogens is 311 g/mol. The summed E-state index contributed by atoms with van der Waals surface area (Å²) < 4.78 is 4.94. The molecule has 1 saturated carbocycles. The van der Waals surface area contributed by atoms with E-state index in [0.29, 0.717) is 6.04 Å². The van der Waals surface area contributed by atoms with E-state index in [2.05, 4.69) is 36.1 Å². The average Bonchev–Trinajstić information content (AvgIpc) is 3.06. The van der Waals surface area contributed by atoms with Crippen molar-refractivity contribution in [3.8, 4) is 0 Å². The van der Waals surface area contributed by atoms with Crippen molar-refractivity contribution in [2.45, 2.75) is 78.9 Å². The zero-order chi connectivity index (χ0) is 18.3. The summed E-state index contributed by atoms with van der Waals surface area (Å²) >= 11 is 0. The Morgan fingerprint density at radius 1 is 1.17 bits per heavy atom. The first kappa shape index (κ1) is 28.4. The van der Waals surface area contributed by atoms with Gasteiger partial charge in [-0.2, -0.15) is 0 Å². The smallest absolute Gasteiger partial charge is 0.545 e. The van der Waals surface area contributed by atoms with Gasteiger partial charge in [0.05, 0.1) is 5.60 Å². The van der Waals surface area contributed by atoms with Crippen molar-refractivity contribution >= 4 is 12.6 Å². The molecule has 1 fully saturated rings. The van der Waals surface area contributed by atoms with Crippen LogP contribution in [-0.4, -0.2) is 30.5 Å². The molecule has 1 aromatic heterocycles. The van der Waals surface area contributed by atoms with Gasteiger partial charge < -0.3 is 14.8 Å². The van der Waals surface area contributed by atoms with Gasteiger partial charge in [-0.15, -0.1) is 0 Å². The number of pyridine rings is 1. The zero-order valence-electron chi connectivity index (χ0n) is 17.0. The van der Waals surface area contributed by atoms with Crippen molar-refractivity contribution in [2.75, 3.05) is 12.4 Å². The second kappa shape index (κ2) is 17.4. The maximum atomic E-state index is 7.75. The van der Waals surface area contributed by atoms with Crippen LogP contribution in [0.25, 0.3) is 0 Å². The van der Waals surface area contributed by atoms with Gasteiger partial charge in [0, 0.05) is 19.3 Å². The Labute approximate surface area is 171 Å². The number of hydrogen-bond acceptors (Lipinski definition) is 4. The standard InChI is InChI=1S/C11H16N2.C5H12O.C2H6.CHO.Na/c1-9-6-7-11(12-8-9)13-10-4-2-3-5-10;1-5(2,3)6-4;2*1-2;/h6-8,10H,2-5H2,1H3,(H,12,13);1-4H3;1-2H3;1H;/q;;;-1;+1. The molecular formula is C19H35N2NaO2. The Hall–Kier alpha value is -0.420. The number of hydrogen-bond donors (Lipinski definition) is 1. The first-order valence-corrected chi connectivity index (χ1v) is 8.38. The molecule has 1 N–H and O–H groups in total. The summed E-state index contributed by atoms with van der Waals surface area (Å²) in [5, 5.41) is 3.46. The first-order chi connectivity index (χ1) is 10.9. The monoisotopic (exact) mass is 346 g/mol. The van der Waals surface area contributed by atoms with Crippen LogP contribution in [-0.2, 0) is 9.53 Å². The molecule has 5 heteroatoms. The van der Waals surface area contributed by atoms with Gasteiger partial charge in [0.2, 0.25) is 0 Å². The molecule has 0 aliphatic heterocycles. The minimum Gasteiger partial charge on any atom is -0.545 e. The van der Waals surface area contributed by atoms with Gasteiger partial charge in [0.1, 0.15) is 5.82 Å². The van der Waals surface area contributed by atoms with Gasteiger partial charge in [-0.1, -0.05) is 32.8 Å². The second-order valence-corrected chi connectivity index (χ2v) is 6.16. The SMILES string of the molecule is CC.COC(C)(C)C.Cc1ccc(NC2CCCC2)nc1.[CH-]=O.[Na+]. The van der Waals surface area contributed by atoms with E-state index < -0.39 is 0 Å². The Balaban J connectivity index is -0.000000345. The van der Waals surface area contributed by atoms with Crippen molar-refractivity contribution < 1.29 is 39.1 Å². The molecule has 0 saturated heterocycles. The first-order valence-electron chi connectivity index (χ1n) is 8.38. The Kier molecular flexibility index (Phi) is 20.6. The Morgan fingerprint density at radius 2 is 1.62 bits per heavy atom. The molecule has 1 aromatic rings. The van der Waals surface area contributed by atoms with Crippen molar-refractivity contribution in [3.63, 3.8) is 0 Å². The molecule has 1 aliphatic carbocycles. The third-order valence-electron chi connectivity index (χ3n) is 3.23. The van der Waals surface area contributed by atoms with Crippen LogP contribution in [0, 0.1) is 6.92 Å². The fourth-order valence-electron chi connectivity index (χ4n) is 1.83. The molecule has 0 spiro atoms. The molecule has 0 atom stereocenters. The number of ether oxygens (including phenoxy) is 1. The number of nitrogens with one attached hydrogen (secondary N) is 1. The summed E-state index contributed by atoms with van der Waals surface area (Å²) in [6.07, 6.45) is 7.25. The van der Waals surface area contributed by atoms with Crippen LogP contribution in [0.5, 0.6) is 0 Å². The minimum absolute atomic E-state index is 0. The van der Waals surface area contributed by atoms with Crippen LogP contribution in [0.3, 0.4) is 0 Å². The molecule has 134 valence electrons. The molecule has 0 amide bonds. The number of nitrogens with zero attached hydrogens (tertiary/aromatic N) is 1.